The van der Waals surface area contributed by atoms with Gasteiger partial charge in [0.15, 0.2) is 0 Å². The van der Waals surface area contributed by atoms with E-state index in [1.54, 1.807) is 0 Å². The average molecular weight is 354 g/mol. The molecular weight excluding hydrogens is 318 g/mol. The molecule has 0 aromatic heterocycles. The zero-order valence-electron chi connectivity index (χ0n) is 15.7. The first-order chi connectivity index (χ1) is 12.0. The highest BCUT2D eigenvalue weighted by molar-refractivity contribution is 5.66. The van der Waals surface area contributed by atoms with E-state index in [-0.39, 0.29) is 24.5 Å². The number of rotatable bonds is 13. The molecule has 0 aromatic rings. The smallest absolute Gasteiger partial charge is 0.303 e. The summed E-state index contributed by atoms with van der Waals surface area (Å²) in [6.07, 6.45) is 13.7. The van der Waals surface area contributed by atoms with Crippen LogP contribution in [-0.2, 0) is 4.79 Å². The Bertz CT molecular complexity index is 435. The van der Waals surface area contributed by atoms with Crippen molar-refractivity contribution in [1.82, 2.24) is 4.90 Å². The largest absolute Gasteiger partial charge is 0.481 e. The molecule has 1 rings (SSSR count). The molecule has 25 heavy (non-hydrogen) atoms. The van der Waals surface area contributed by atoms with E-state index in [0.717, 1.165) is 38.5 Å². The van der Waals surface area contributed by atoms with Gasteiger partial charge in [-0.2, -0.15) is 0 Å². The quantitative estimate of drug-likeness (QED) is 0.350. The van der Waals surface area contributed by atoms with Gasteiger partial charge in [0, 0.05) is 24.9 Å². The molecule has 0 aliphatic heterocycles. The van der Waals surface area contributed by atoms with Gasteiger partial charge >= 0.3 is 5.97 Å². The van der Waals surface area contributed by atoms with Crippen molar-refractivity contribution in [3.63, 3.8) is 0 Å². The third kappa shape index (κ3) is 8.66. The molecule has 4 atom stereocenters. The predicted octanol–water partition coefficient (Wildman–Crippen LogP) is 2.98. The van der Waals surface area contributed by atoms with E-state index < -0.39 is 12.1 Å². The molecule has 5 heteroatoms. The van der Waals surface area contributed by atoms with Gasteiger partial charge in [0.2, 0.25) is 0 Å². The number of aliphatic hydroxyl groups is 2. The van der Waals surface area contributed by atoms with Gasteiger partial charge in [0.25, 0.3) is 0 Å². The van der Waals surface area contributed by atoms with Crippen LogP contribution in [-0.4, -0.2) is 58.0 Å². The monoisotopic (exact) mass is 353 g/mol. The van der Waals surface area contributed by atoms with Crippen LogP contribution in [0.2, 0.25) is 0 Å². The van der Waals surface area contributed by atoms with Crippen LogP contribution in [0.4, 0.5) is 0 Å². The van der Waals surface area contributed by atoms with Gasteiger partial charge in [0.05, 0.1) is 12.2 Å². The normalized spacial score (nSPS) is 24.4. The van der Waals surface area contributed by atoms with Crippen LogP contribution < -0.4 is 0 Å². The first-order valence-corrected chi connectivity index (χ1v) is 9.57. The highest BCUT2D eigenvalue weighted by Gasteiger charge is 2.32. The highest BCUT2D eigenvalue weighted by atomic mass is 16.4. The predicted molar refractivity (Wildman–Crippen MR) is 100 cm³/mol. The van der Waals surface area contributed by atoms with E-state index in [9.17, 15) is 15.0 Å². The summed E-state index contributed by atoms with van der Waals surface area (Å²) < 4.78 is 0. The first kappa shape index (κ1) is 21.9. The second-order valence-electron chi connectivity index (χ2n) is 7.11. The third-order valence-corrected chi connectivity index (χ3v) is 4.87. The second kappa shape index (κ2) is 12.2. The number of hydrogen-bond acceptors (Lipinski definition) is 4. The average Bonchev–Trinajstić information content (AvgIpc) is 2.91. The summed E-state index contributed by atoms with van der Waals surface area (Å²) in [5.74, 6) is -0.674. The third-order valence-electron chi connectivity index (χ3n) is 4.87. The zero-order chi connectivity index (χ0) is 18.7. The van der Waals surface area contributed by atoms with Crippen molar-refractivity contribution in [3.05, 3.63) is 24.3 Å². The minimum Gasteiger partial charge on any atom is -0.481 e. The maximum atomic E-state index is 10.5. The van der Waals surface area contributed by atoms with Crippen molar-refractivity contribution in [3.8, 4) is 0 Å². The molecule has 0 saturated carbocycles. The number of nitrogens with zero attached hydrogens (tertiary/aromatic N) is 1. The first-order valence-electron chi connectivity index (χ1n) is 9.57. The summed E-state index contributed by atoms with van der Waals surface area (Å²) in [7, 11) is 2.00. The van der Waals surface area contributed by atoms with E-state index in [2.05, 4.69) is 11.8 Å². The Morgan fingerprint density at radius 1 is 1.24 bits per heavy atom. The minimum atomic E-state index is -0.761. The van der Waals surface area contributed by atoms with Crippen molar-refractivity contribution < 1.29 is 20.1 Å². The standard InChI is InChI=1S/C20H35NO4/c1-3-4-7-10-16(22)15-21(2)18-13-14-19(23)17(18)11-8-5-6-9-12-20(24)25/h5,8,13-14,16-19,22-23H,3-4,6-7,9-12,15H2,1-2H3,(H,24,25)/t16?,17-,18+,19+/m1/s1. The lowest BCUT2D eigenvalue weighted by Gasteiger charge is -2.31. The number of carbonyl (C=O) groups is 1. The second-order valence-corrected chi connectivity index (χ2v) is 7.11. The van der Waals surface area contributed by atoms with Crippen molar-refractivity contribution in [2.24, 2.45) is 5.92 Å². The van der Waals surface area contributed by atoms with E-state index in [4.69, 9.17) is 5.11 Å². The SMILES string of the molecule is CCCCCC(O)CN(C)[C@H]1C=C[C@H](O)[C@@H]1CC=CCCCC(=O)O. The van der Waals surface area contributed by atoms with Crippen molar-refractivity contribution in [2.75, 3.05) is 13.6 Å². The molecule has 5 nitrogen and oxygen atoms in total. The number of carboxylic acid groups (broad SMARTS) is 1. The Balaban J connectivity index is 2.39. The summed E-state index contributed by atoms with van der Waals surface area (Å²) in [5, 5.41) is 29.0. The molecule has 144 valence electrons. The molecule has 0 radical (unpaired) electrons. The van der Waals surface area contributed by atoms with Crippen molar-refractivity contribution >= 4 is 5.97 Å². The van der Waals surface area contributed by atoms with Crippen LogP contribution >= 0.6 is 0 Å². The molecule has 3 N–H and O–H groups in total. The van der Waals surface area contributed by atoms with Gasteiger partial charge < -0.3 is 15.3 Å². The fourth-order valence-electron chi connectivity index (χ4n) is 3.39. The number of hydrogen-bond donors (Lipinski definition) is 3. The van der Waals surface area contributed by atoms with Crippen LogP contribution in [0.15, 0.2) is 24.3 Å². The van der Waals surface area contributed by atoms with Gasteiger partial charge in [-0.05, 0) is 32.7 Å². The van der Waals surface area contributed by atoms with Gasteiger partial charge in [-0.3, -0.25) is 9.69 Å². The highest BCUT2D eigenvalue weighted by Crippen LogP contribution is 2.27. The Labute approximate surface area is 152 Å². The summed E-state index contributed by atoms with van der Waals surface area (Å²) in [6, 6.07) is 0.125. The van der Waals surface area contributed by atoms with E-state index in [0.29, 0.717) is 13.0 Å². The summed E-state index contributed by atoms with van der Waals surface area (Å²) >= 11 is 0. The number of allylic oxidation sites excluding steroid dienone is 2. The Morgan fingerprint density at radius 3 is 2.68 bits per heavy atom. The van der Waals surface area contributed by atoms with Gasteiger partial charge in [-0.15, -0.1) is 0 Å². The Hall–Kier alpha value is -1.17. The molecular formula is C20H35NO4. The summed E-state index contributed by atoms with van der Waals surface area (Å²) in [4.78, 5) is 12.6. The zero-order valence-corrected chi connectivity index (χ0v) is 15.7. The lowest BCUT2D eigenvalue weighted by atomic mass is 9.94. The van der Waals surface area contributed by atoms with E-state index >= 15 is 0 Å². The van der Waals surface area contributed by atoms with E-state index in [1.165, 1.54) is 0 Å². The summed E-state index contributed by atoms with van der Waals surface area (Å²) in [6.45, 7) is 2.77. The molecule has 1 aliphatic rings. The van der Waals surface area contributed by atoms with Crippen molar-refractivity contribution in [1.29, 1.82) is 0 Å². The van der Waals surface area contributed by atoms with Crippen LogP contribution in [0, 0.1) is 5.92 Å². The van der Waals surface area contributed by atoms with Crippen molar-refractivity contribution in [2.45, 2.75) is 76.5 Å². The van der Waals surface area contributed by atoms with Crippen LogP contribution in [0.25, 0.3) is 0 Å². The lowest BCUT2D eigenvalue weighted by Crippen LogP contribution is -2.41. The van der Waals surface area contributed by atoms with Gasteiger partial charge in [0.1, 0.15) is 0 Å². The summed E-state index contributed by atoms with van der Waals surface area (Å²) in [5.41, 5.74) is 0. The van der Waals surface area contributed by atoms with Crippen LogP contribution in [0.3, 0.4) is 0 Å². The van der Waals surface area contributed by atoms with Gasteiger partial charge in [-0.1, -0.05) is 50.5 Å². The molecule has 0 amide bonds. The molecule has 1 unspecified atom stereocenters. The van der Waals surface area contributed by atoms with Gasteiger partial charge in [-0.25, -0.2) is 0 Å². The molecule has 1 aliphatic carbocycles. The van der Waals surface area contributed by atoms with Crippen LogP contribution in [0.1, 0.15) is 58.3 Å². The van der Waals surface area contributed by atoms with Crippen LogP contribution in [0.5, 0.6) is 0 Å². The number of unbranched alkanes of at least 4 members (excludes halogenated alkanes) is 3. The minimum absolute atomic E-state index is 0.0866. The maximum absolute atomic E-state index is 10.5. The fraction of sp³-hybridized carbons (Fsp3) is 0.750. The Kier molecular flexibility index (Phi) is 10.7. The molecule has 0 saturated heterocycles. The Morgan fingerprint density at radius 2 is 2.00 bits per heavy atom. The topological polar surface area (TPSA) is 81.0 Å². The number of aliphatic hydroxyl groups excluding tert-OH is 2. The molecule has 0 fully saturated rings. The molecule has 0 bridgehead atoms. The molecule has 0 heterocycles. The number of carboxylic acids is 1. The van der Waals surface area contributed by atoms with E-state index in [1.807, 2.05) is 31.4 Å². The molecule has 0 spiro atoms. The number of aliphatic carboxylic acids is 1. The lowest BCUT2D eigenvalue weighted by molar-refractivity contribution is -0.137. The maximum Gasteiger partial charge on any atom is 0.303 e. The fourth-order valence-corrected chi connectivity index (χ4v) is 3.39. The number of likely N-dealkylation sites (N-methyl/N-ethyl adjacent to an activating group) is 1. The molecule has 0 aromatic carbocycles.